The van der Waals surface area contributed by atoms with Gasteiger partial charge in [0.2, 0.25) is 5.60 Å². The van der Waals surface area contributed by atoms with E-state index in [1.807, 2.05) is 12.2 Å². The normalized spacial score (nSPS) is 13.6. The summed E-state index contributed by atoms with van der Waals surface area (Å²) in [5.74, 6) is -3.00. The largest absolute Gasteiger partial charge is 0.507 e. The Bertz CT molecular complexity index is 860. The van der Waals surface area contributed by atoms with Crippen molar-refractivity contribution in [3.63, 3.8) is 0 Å². The van der Waals surface area contributed by atoms with Crippen molar-refractivity contribution >= 4 is 17.6 Å². The van der Waals surface area contributed by atoms with E-state index in [0.29, 0.717) is 6.92 Å². The number of halogens is 3. The van der Waals surface area contributed by atoms with Crippen LogP contribution in [0, 0.1) is 6.92 Å². The molecule has 1 amide bonds. The molecule has 0 aromatic heterocycles. The average molecular weight is 383 g/mol. The van der Waals surface area contributed by atoms with E-state index in [1.165, 1.54) is 0 Å². The number of aliphatic hydroxyl groups is 1. The van der Waals surface area contributed by atoms with Crippen LogP contribution in [0.25, 0.3) is 0 Å². The summed E-state index contributed by atoms with van der Waals surface area (Å²) < 4.78 is 43.0. The van der Waals surface area contributed by atoms with Gasteiger partial charge in [-0.2, -0.15) is 13.2 Å². The Morgan fingerprint density at radius 3 is 2.19 bits per heavy atom. The summed E-state index contributed by atoms with van der Waals surface area (Å²) in [5.41, 5.74) is -3.16. The van der Waals surface area contributed by atoms with Gasteiger partial charge in [0.25, 0.3) is 5.91 Å². The second-order valence-electron chi connectivity index (χ2n) is 5.96. The standard InChI is InChI=1S/C18H16F3NO5/c1-10-3-6-12(7-4-10)27-15(24)13-8-5-11(9-14(13)23)22-16(25)17(2,26)18(19,20)21/h3-9,23,26H,1-2H3,(H,22,25). The van der Waals surface area contributed by atoms with Crippen LogP contribution in [0.15, 0.2) is 42.5 Å². The van der Waals surface area contributed by atoms with E-state index < -0.39 is 29.4 Å². The lowest BCUT2D eigenvalue weighted by atomic mass is 10.1. The number of carbonyl (C=O) groups is 2. The number of esters is 1. The van der Waals surface area contributed by atoms with Crippen LogP contribution >= 0.6 is 0 Å². The summed E-state index contributed by atoms with van der Waals surface area (Å²) in [6.07, 6.45) is -5.18. The highest BCUT2D eigenvalue weighted by Gasteiger charge is 2.55. The highest BCUT2D eigenvalue weighted by molar-refractivity contribution is 5.99. The number of benzene rings is 2. The first kappa shape index (κ1) is 20.2. The fourth-order valence-corrected chi connectivity index (χ4v) is 1.93. The van der Waals surface area contributed by atoms with Gasteiger partial charge in [-0.3, -0.25) is 4.79 Å². The molecule has 144 valence electrons. The summed E-state index contributed by atoms with van der Waals surface area (Å²) in [5, 5.41) is 21.1. The minimum Gasteiger partial charge on any atom is -0.507 e. The lowest BCUT2D eigenvalue weighted by molar-refractivity contribution is -0.242. The fourth-order valence-electron chi connectivity index (χ4n) is 1.93. The van der Waals surface area contributed by atoms with Crippen LogP contribution in [-0.4, -0.2) is 33.9 Å². The molecule has 0 heterocycles. The number of rotatable bonds is 4. The molecule has 2 aromatic carbocycles. The van der Waals surface area contributed by atoms with Gasteiger partial charge < -0.3 is 20.3 Å². The number of nitrogens with one attached hydrogen (secondary N) is 1. The molecule has 2 rings (SSSR count). The topological polar surface area (TPSA) is 95.9 Å². The van der Waals surface area contributed by atoms with Crippen LogP contribution in [0.2, 0.25) is 0 Å². The third-order valence-electron chi connectivity index (χ3n) is 3.70. The van der Waals surface area contributed by atoms with Crippen LogP contribution in [0.5, 0.6) is 11.5 Å². The number of alkyl halides is 3. The molecule has 1 unspecified atom stereocenters. The zero-order valence-corrected chi connectivity index (χ0v) is 14.3. The molecule has 0 aliphatic carbocycles. The molecule has 27 heavy (non-hydrogen) atoms. The number of carbonyl (C=O) groups excluding carboxylic acids is 2. The van der Waals surface area contributed by atoms with E-state index in [9.17, 15) is 33.0 Å². The van der Waals surface area contributed by atoms with E-state index in [0.717, 1.165) is 23.8 Å². The van der Waals surface area contributed by atoms with Crippen LogP contribution in [0.1, 0.15) is 22.8 Å². The molecule has 0 aliphatic rings. The number of phenols is 1. The maximum Gasteiger partial charge on any atom is 0.426 e. The molecule has 0 saturated heterocycles. The summed E-state index contributed by atoms with van der Waals surface area (Å²) in [4.78, 5) is 23.7. The number of aromatic hydroxyl groups is 1. The molecule has 0 fully saturated rings. The summed E-state index contributed by atoms with van der Waals surface area (Å²) >= 11 is 0. The van der Waals surface area contributed by atoms with Crippen LogP contribution in [0.3, 0.4) is 0 Å². The van der Waals surface area contributed by atoms with Crippen LogP contribution in [-0.2, 0) is 4.79 Å². The third kappa shape index (κ3) is 4.56. The van der Waals surface area contributed by atoms with Gasteiger partial charge in [-0.1, -0.05) is 17.7 Å². The predicted octanol–water partition coefficient (Wildman–Crippen LogP) is 3.17. The molecule has 1 atom stereocenters. The molecule has 9 heteroatoms. The van der Waals surface area contributed by atoms with Gasteiger partial charge >= 0.3 is 12.1 Å². The molecular formula is C18H16F3NO5. The SMILES string of the molecule is Cc1ccc(OC(=O)c2ccc(NC(=O)C(C)(O)C(F)(F)F)cc2O)cc1. The first-order valence-corrected chi connectivity index (χ1v) is 7.64. The number of anilines is 1. The number of aryl methyl sites for hydroxylation is 1. The van der Waals surface area contributed by atoms with Crippen molar-refractivity contribution < 1.29 is 37.7 Å². The molecule has 0 saturated carbocycles. The quantitative estimate of drug-likeness (QED) is 0.557. The molecule has 0 aliphatic heterocycles. The maximum atomic E-state index is 12.6. The first-order chi connectivity index (χ1) is 12.4. The van der Waals surface area contributed by atoms with Crippen molar-refractivity contribution in [2.75, 3.05) is 5.32 Å². The molecule has 0 radical (unpaired) electrons. The van der Waals surface area contributed by atoms with E-state index in [2.05, 4.69) is 0 Å². The van der Waals surface area contributed by atoms with Crippen molar-refractivity contribution in [3.8, 4) is 11.5 Å². The monoisotopic (exact) mass is 383 g/mol. The third-order valence-corrected chi connectivity index (χ3v) is 3.70. The molecule has 0 bridgehead atoms. The Kier molecular flexibility index (Phi) is 5.46. The Hall–Kier alpha value is -3.07. The molecule has 6 nitrogen and oxygen atoms in total. The average Bonchev–Trinajstić information content (AvgIpc) is 2.55. The van der Waals surface area contributed by atoms with Gasteiger partial charge in [0.05, 0.1) is 0 Å². The van der Waals surface area contributed by atoms with Gasteiger partial charge in [0.15, 0.2) is 0 Å². The van der Waals surface area contributed by atoms with Crippen molar-refractivity contribution in [2.24, 2.45) is 0 Å². The van der Waals surface area contributed by atoms with Crippen molar-refractivity contribution in [3.05, 3.63) is 53.6 Å². The molecule has 3 N–H and O–H groups in total. The number of amides is 1. The highest BCUT2D eigenvalue weighted by Crippen LogP contribution is 2.32. The smallest absolute Gasteiger partial charge is 0.426 e. The Balaban J connectivity index is 2.14. The lowest BCUT2D eigenvalue weighted by Crippen LogP contribution is -2.52. The van der Waals surface area contributed by atoms with Gasteiger partial charge in [0, 0.05) is 11.8 Å². The van der Waals surface area contributed by atoms with Gasteiger partial charge in [-0.25, -0.2) is 4.79 Å². The zero-order valence-electron chi connectivity index (χ0n) is 14.3. The van der Waals surface area contributed by atoms with E-state index in [4.69, 9.17) is 4.74 Å². The van der Waals surface area contributed by atoms with Gasteiger partial charge in [0.1, 0.15) is 17.1 Å². The lowest BCUT2D eigenvalue weighted by Gasteiger charge is -2.24. The highest BCUT2D eigenvalue weighted by atomic mass is 19.4. The Morgan fingerprint density at radius 2 is 1.67 bits per heavy atom. The number of ether oxygens (including phenoxy) is 1. The molecular weight excluding hydrogens is 367 g/mol. The van der Waals surface area contributed by atoms with Gasteiger partial charge in [-0.15, -0.1) is 0 Å². The van der Waals surface area contributed by atoms with Crippen molar-refractivity contribution in [1.29, 1.82) is 0 Å². The van der Waals surface area contributed by atoms with Crippen molar-refractivity contribution in [2.45, 2.75) is 25.6 Å². The molecule has 0 spiro atoms. The minimum absolute atomic E-state index is 0.239. The summed E-state index contributed by atoms with van der Waals surface area (Å²) in [6.45, 7) is 2.15. The number of hydrogen-bond donors (Lipinski definition) is 3. The number of hydrogen-bond acceptors (Lipinski definition) is 5. The van der Waals surface area contributed by atoms with E-state index in [-0.39, 0.29) is 17.0 Å². The van der Waals surface area contributed by atoms with Crippen LogP contribution < -0.4 is 10.1 Å². The van der Waals surface area contributed by atoms with Crippen LogP contribution in [0.4, 0.5) is 18.9 Å². The van der Waals surface area contributed by atoms with Crippen molar-refractivity contribution in [1.82, 2.24) is 0 Å². The maximum absolute atomic E-state index is 12.6. The predicted molar refractivity (Wildman–Crippen MR) is 89.6 cm³/mol. The zero-order chi connectivity index (χ0) is 20.4. The summed E-state index contributed by atoms with van der Waals surface area (Å²) in [6, 6.07) is 9.58. The second-order valence-corrected chi connectivity index (χ2v) is 5.96. The Morgan fingerprint density at radius 1 is 1.07 bits per heavy atom. The van der Waals surface area contributed by atoms with E-state index in [1.54, 1.807) is 24.3 Å². The minimum atomic E-state index is -5.18. The fraction of sp³-hybridized carbons (Fsp3) is 0.222. The second kappa shape index (κ2) is 7.28. The molecule has 2 aromatic rings. The van der Waals surface area contributed by atoms with Gasteiger partial charge in [-0.05, 0) is 38.1 Å². The first-order valence-electron chi connectivity index (χ1n) is 7.64. The summed E-state index contributed by atoms with van der Waals surface area (Å²) in [7, 11) is 0. The Labute approximate surface area is 152 Å². The van der Waals surface area contributed by atoms with E-state index >= 15 is 0 Å². The number of phenolic OH excluding ortho intramolecular Hbond substituents is 1.